The Morgan fingerprint density at radius 3 is 2.25 bits per heavy atom. The third-order valence-corrected chi connectivity index (χ3v) is 2.83. The van der Waals surface area contributed by atoms with Crippen molar-refractivity contribution in [3.8, 4) is 0 Å². The van der Waals surface area contributed by atoms with E-state index in [9.17, 15) is 4.79 Å². The van der Waals surface area contributed by atoms with Crippen LogP contribution >= 0.6 is 0 Å². The second-order valence-electron chi connectivity index (χ2n) is 4.38. The summed E-state index contributed by atoms with van der Waals surface area (Å²) in [7, 11) is 0. The number of ether oxygens (including phenoxy) is 1. The molecule has 0 spiro atoms. The Kier molecular flexibility index (Phi) is 4.95. The zero-order valence-corrected chi connectivity index (χ0v) is 11.0. The second kappa shape index (κ2) is 7.14. The largest absolute Gasteiger partial charge is 0.506 e. The fraction of sp³-hybridized carbons (Fsp3) is 0.118. The first-order valence-electron chi connectivity index (χ1n) is 6.41. The van der Waals surface area contributed by atoms with Gasteiger partial charge in [0.1, 0.15) is 6.10 Å². The van der Waals surface area contributed by atoms with Crippen molar-refractivity contribution in [2.45, 2.75) is 12.5 Å². The lowest BCUT2D eigenvalue weighted by Gasteiger charge is -2.12. The highest BCUT2D eigenvalue weighted by Gasteiger charge is 2.10. The number of carboxylic acid groups (broad SMARTS) is 1. The summed E-state index contributed by atoms with van der Waals surface area (Å²) < 4.78 is 4.91. The third kappa shape index (κ3) is 4.61. The highest BCUT2D eigenvalue weighted by molar-refractivity contribution is 5.58. The Bertz CT molecular complexity index is 561. The van der Waals surface area contributed by atoms with Gasteiger partial charge in [-0.2, -0.15) is 0 Å². The van der Waals surface area contributed by atoms with Crippen LogP contribution in [0.5, 0.6) is 0 Å². The normalized spacial score (nSPS) is 12.2. The quantitative estimate of drug-likeness (QED) is 0.833. The van der Waals surface area contributed by atoms with Gasteiger partial charge in [-0.15, -0.1) is 0 Å². The molecule has 1 atom stereocenters. The average Bonchev–Trinajstić information content (AvgIpc) is 2.46. The van der Waals surface area contributed by atoms with Gasteiger partial charge in [0.15, 0.2) is 0 Å². The monoisotopic (exact) mass is 268 g/mol. The number of rotatable bonds is 5. The molecule has 0 bridgehead atoms. The van der Waals surface area contributed by atoms with E-state index in [0.717, 1.165) is 11.1 Å². The molecule has 0 heterocycles. The van der Waals surface area contributed by atoms with Gasteiger partial charge in [0.25, 0.3) is 0 Å². The summed E-state index contributed by atoms with van der Waals surface area (Å²) in [6, 6.07) is 19.4. The standard InChI is InChI=1S/C17H16O3/c18-17(19)20-16(13-15-9-5-2-6-10-15)12-11-14-7-3-1-4-8-14/h1-12,16H,13H2,(H,18,19). The summed E-state index contributed by atoms with van der Waals surface area (Å²) in [5, 5.41) is 8.80. The molecular weight excluding hydrogens is 252 g/mol. The molecule has 0 aliphatic carbocycles. The minimum absolute atomic E-state index is 0.491. The van der Waals surface area contributed by atoms with Crippen LogP contribution in [0.2, 0.25) is 0 Å². The molecule has 0 aliphatic heterocycles. The molecule has 0 radical (unpaired) electrons. The van der Waals surface area contributed by atoms with Crippen LogP contribution in [0.4, 0.5) is 4.79 Å². The van der Waals surface area contributed by atoms with E-state index in [0.29, 0.717) is 6.42 Å². The highest BCUT2D eigenvalue weighted by atomic mass is 16.7. The molecule has 2 rings (SSSR count). The number of hydrogen-bond donors (Lipinski definition) is 1. The Morgan fingerprint density at radius 1 is 1.05 bits per heavy atom. The summed E-state index contributed by atoms with van der Waals surface area (Å²) >= 11 is 0. The smallest absolute Gasteiger partial charge is 0.450 e. The molecule has 2 aromatic carbocycles. The van der Waals surface area contributed by atoms with Crippen molar-refractivity contribution < 1.29 is 14.6 Å². The Balaban J connectivity index is 2.07. The first-order chi connectivity index (χ1) is 9.74. The van der Waals surface area contributed by atoms with Crippen molar-refractivity contribution >= 4 is 12.2 Å². The molecule has 1 N–H and O–H groups in total. The average molecular weight is 268 g/mol. The van der Waals surface area contributed by atoms with Crippen molar-refractivity contribution in [1.29, 1.82) is 0 Å². The summed E-state index contributed by atoms with van der Waals surface area (Å²) in [5.74, 6) is 0. The number of carbonyl (C=O) groups is 1. The van der Waals surface area contributed by atoms with E-state index in [1.54, 1.807) is 6.08 Å². The van der Waals surface area contributed by atoms with Gasteiger partial charge in [0.05, 0.1) is 0 Å². The van der Waals surface area contributed by atoms with Crippen molar-refractivity contribution in [1.82, 2.24) is 0 Å². The molecular formula is C17H16O3. The molecule has 20 heavy (non-hydrogen) atoms. The van der Waals surface area contributed by atoms with Crippen molar-refractivity contribution in [2.24, 2.45) is 0 Å². The van der Waals surface area contributed by atoms with E-state index in [-0.39, 0.29) is 0 Å². The second-order valence-corrected chi connectivity index (χ2v) is 4.38. The predicted molar refractivity (Wildman–Crippen MR) is 78.5 cm³/mol. The van der Waals surface area contributed by atoms with Crippen molar-refractivity contribution in [2.75, 3.05) is 0 Å². The van der Waals surface area contributed by atoms with E-state index in [2.05, 4.69) is 0 Å². The molecule has 1 unspecified atom stereocenters. The molecule has 0 amide bonds. The van der Waals surface area contributed by atoms with Gasteiger partial charge in [0.2, 0.25) is 0 Å². The highest BCUT2D eigenvalue weighted by Crippen LogP contribution is 2.10. The summed E-state index contributed by atoms with van der Waals surface area (Å²) in [6.07, 6.45) is 2.42. The van der Waals surface area contributed by atoms with Gasteiger partial charge < -0.3 is 9.84 Å². The molecule has 0 saturated carbocycles. The van der Waals surface area contributed by atoms with Gasteiger partial charge in [-0.25, -0.2) is 4.79 Å². The topological polar surface area (TPSA) is 46.5 Å². The maximum Gasteiger partial charge on any atom is 0.506 e. The van der Waals surface area contributed by atoms with Gasteiger partial charge >= 0.3 is 6.16 Å². The lowest BCUT2D eigenvalue weighted by molar-refractivity contribution is 0.0696. The van der Waals surface area contributed by atoms with E-state index in [1.165, 1.54) is 0 Å². The fourth-order valence-corrected chi connectivity index (χ4v) is 1.91. The SMILES string of the molecule is O=C(O)OC(C=Cc1ccccc1)Cc1ccccc1. The molecule has 0 aromatic heterocycles. The minimum Gasteiger partial charge on any atom is -0.450 e. The molecule has 0 aliphatic rings. The zero-order chi connectivity index (χ0) is 14.2. The van der Waals surface area contributed by atoms with E-state index >= 15 is 0 Å². The van der Waals surface area contributed by atoms with Crippen LogP contribution in [0, 0.1) is 0 Å². The minimum atomic E-state index is -1.26. The van der Waals surface area contributed by atoms with Crippen LogP contribution in [-0.4, -0.2) is 17.4 Å². The summed E-state index contributed by atoms with van der Waals surface area (Å²) in [5.41, 5.74) is 2.05. The number of hydrogen-bond acceptors (Lipinski definition) is 2. The Hall–Kier alpha value is -2.55. The Morgan fingerprint density at radius 2 is 1.65 bits per heavy atom. The van der Waals surface area contributed by atoms with Gasteiger partial charge in [-0.05, 0) is 17.2 Å². The van der Waals surface area contributed by atoms with Gasteiger partial charge in [-0.1, -0.05) is 66.7 Å². The lowest BCUT2D eigenvalue weighted by atomic mass is 10.1. The van der Waals surface area contributed by atoms with E-state index in [4.69, 9.17) is 9.84 Å². The van der Waals surface area contributed by atoms with E-state index < -0.39 is 12.3 Å². The van der Waals surface area contributed by atoms with Gasteiger partial charge in [0, 0.05) is 6.42 Å². The van der Waals surface area contributed by atoms with Crippen LogP contribution in [0.25, 0.3) is 6.08 Å². The maximum absolute atomic E-state index is 10.8. The maximum atomic E-state index is 10.8. The van der Waals surface area contributed by atoms with Crippen LogP contribution in [0.1, 0.15) is 11.1 Å². The first-order valence-corrected chi connectivity index (χ1v) is 6.41. The van der Waals surface area contributed by atoms with Crippen LogP contribution in [0.15, 0.2) is 66.7 Å². The summed E-state index contributed by atoms with van der Waals surface area (Å²) in [6.45, 7) is 0. The molecule has 3 nitrogen and oxygen atoms in total. The molecule has 0 saturated heterocycles. The molecule has 0 fully saturated rings. The van der Waals surface area contributed by atoms with Gasteiger partial charge in [-0.3, -0.25) is 0 Å². The van der Waals surface area contributed by atoms with Crippen molar-refractivity contribution in [3.05, 3.63) is 77.9 Å². The fourth-order valence-electron chi connectivity index (χ4n) is 1.91. The Labute approximate surface area is 118 Å². The molecule has 3 heteroatoms. The van der Waals surface area contributed by atoms with Crippen LogP contribution < -0.4 is 0 Å². The number of benzene rings is 2. The van der Waals surface area contributed by atoms with Crippen LogP contribution in [-0.2, 0) is 11.2 Å². The molecule has 102 valence electrons. The first kappa shape index (κ1) is 13.9. The molecule has 2 aromatic rings. The van der Waals surface area contributed by atoms with Crippen molar-refractivity contribution in [3.63, 3.8) is 0 Å². The summed E-state index contributed by atoms with van der Waals surface area (Å²) in [4.78, 5) is 10.8. The van der Waals surface area contributed by atoms with Crippen LogP contribution in [0.3, 0.4) is 0 Å². The third-order valence-electron chi connectivity index (χ3n) is 2.83. The zero-order valence-electron chi connectivity index (χ0n) is 11.0. The lowest BCUT2D eigenvalue weighted by Crippen LogP contribution is -2.17. The van der Waals surface area contributed by atoms with E-state index in [1.807, 2.05) is 66.7 Å². The predicted octanol–water partition coefficient (Wildman–Crippen LogP) is 4.01.